The predicted molar refractivity (Wildman–Crippen MR) is 91.3 cm³/mol. The maximum Gasteiger partial charge on any atom is 0.158 e. The van der Waals surface area contributed by atoms with E-state index in [4.69, 9.17) is 4.74 Å². The maximum absolute atomic E-state index is 6.18. The summed E-state index contributed by atoms with van der Waals surface area (Å²) in [5.74, 6) is 1.78. The number of fused-ring (bicyclic) bond motifs is 6. The van der Waals surface area contributed by atoms with E-state index in [9.17, 15) is 0 Å². The molecule has 0 spiro atoms. The van der Waals surface area contributed by atoms with E-state index in [1.807, 2.05) is 24.3 Å². The second-order valence-electron chi connectivity index (χ2n) is 5.55. The summed E-state index contributed by atoms with van der Waals surface area (Å²) in [6, 6.07) is 25.0. The van der Waals surface area contributed by atoms with Crippen molar-refractivity contribution in [3.63, 3.8) is 0 Å². The van der Waals surface area contributed by atoms with E-state index in [2.05, 4.69) is 53.8 Å². The smallest absolute Gasteiger partial charge is 0.158 e. The van der Waals surface area contributed by atoms with Gasteiger partial charge in [-0.25, -0.2) is 0 Å². The van der Waals surface area contributed by atoms with E-state index in [1.165, 1.54) is 16.2 Å². The second-order valence-corrected chi connectivity index (χ2v) is 5.55. The molecule has 0 aromatic heterocycles. The third kappa shape index (κ3) is 1.55. The quantitative estimate of drug-likeness (QED) is 0.360. The van der Waals surface area contributed by atoms with Gasteiger partial charge in [0.15, 0.2) is 11.5 Å². The Kier molecular flexibility index (Phi) is 2.25. The Morgan fingerprint density at radius 3 is 2.41 bits per heavy atom. The van der Waals surface area contributed by atoms with Crippen molar-refractivity contribution in [3.05, 3.63) is 72.8 Å². The van der Waals surface area contributed by atoms with Crippen LogP contribution in [0.4, 0.5) is 11.4 Å². The fourth-order valence-electron chi connectivity index (χ4n) is 3.18. The van der Waals surface area contributed by atoms with Gasteiger partial charge in [0.05, 0.1) is 11.4 Å². The molecular formula is C20H13NO. The van der Waals surface area contributed by atoms with Gasteiger partial charge < -0.3 is 10.1 Å². The highest BCUT2D eigenvalue weighted by Crippen LogP contribution is 2.46. The van der Waals surface area contributed by atoms with E-state index < -0.39 is 0 Å². The molecule has 0 aliphatic carbocycles. The Morgan fingerprint density at radius 2 is 1.41 bits per heavy atom. The van der Waals surface area contributed by atoms with Crippen LogP contribution in [-0.2, 0) is 0 Å². The van der Waals surface area contributed by atoms with Crippen molar-refractivity contribution in [2.24, 2.45) is 0 Å². The first kappa shape index (κ1) is 11.6. The Labute approximate surface area is 128 Å². The molecule has 104 valence electrons. The van der Waals surface area contributed by atoms with Crippen molar-refractivity contribution >= 4 is 32.9 Å². The molecule has 0 amide bonds. The summed E-state index contributed by atoms with van der Waals surface area (Å²) in [4.78, 5) is 0. The number of anilines is 2. The third-order valence-corrected chi connectivity index (χ3v) is 4.25. The molecule has 1 aliphatic rings. The number of para-hydroxylation sites is 2. The van der Waals surface area contributed by atoms with Gasteiger partial charge in [-0.1, -0.05) is 48.5 Å². The van der Waals surface area contributed by atoms with Gasteiger partial charge in [0.25, 0.3) is 0 Å². The fourth-order valence-corrected chi connectivity index (χ4v) is 3.18. The number of benzene rings is 4. The first-order valence-corrected chi connectivity index (χ1v) is 7.38. The van der Waals surface area contributed by atoms with E-state index in [0.29, 0.717) is 0 Å². The fraction of sp³-hybridized carbons (Fsp3) is 0. The number of hydrogen-bond acceptors (Lipinski definition) is 2. The van der Waals surface area contributed by atoms with Crippen LogP contribution < -0.4 is 10.1 Å². The number of ether oxygens (including phenoxy) is 1. The van der Waals surface area contributed by atoms with Crippen LogP contribution in [0.25, 0.3) is 21.5 Å². The molecule has 1 heterocycles. The average Bonchev–Trinajstić information content (AvgIpc) is 2.59. The minimum absolute atomic E-state index is 0.871. The third-order valence-electron chi connectivity index (χ3n) is 4.25. The highest BCUT2D eigenvalue weighted by atomic mass is 16.5. The molecule has 1 N–H and O–H groups in total. The summed E-state index contributed by atoms with van der Waals surface area (Å²) >= 11 is 0. The average molecular weight is 283 g/mol. The van der Waals surface area contributed by atoms with Gasteiger partial charge in [0.2, 0.25) is 0 Å². The van der Waals surface area contributed by atoms with Gasteiger partial charge in [-0.05, 0) is 40.4 Å². The zero-order chi connectivity index (χ0) is 14.5. The highest BCUT2D eigenvalue weighted by molar-refractivity contribution is 6.11. The Balaban J connectivity index is 1.82. The lowest BCUT2D eigenvalue weighted by Gasteiger charge is -2.23. The van der Waals surface area contributed by atoms with Crippen LogP contribution in [0, 0.1) is 0 Å². The molecule has 0 radical (unpaired) electrons. The van der Waals surface area contributed by atoms with Crippen LogP contribution >= 0.6 is 0 Å². The minimum Gasteiger partial charge on any atom is -0.452 e. The molecule has 0 atom stereocenters. The highest BCUT2D eigenvalue weighted by Gasteiger charge is 2.18. The van der Waals surface area contributed by atoms with Crippen molar-refractivity contribution in [3.8, 4) is 11.5 Å². The van der Waals surface area contributed by atoms with E-state index in [-0.39, 0.29) is 0 Å². The van der Waals surface area contributed by atoms with Crippen LogP contribution in [0.1, 0.15) is 0 Å². The zero-order valence-corrected chi connectivity index (χ0v) is 11.8. The molecule has 1 aliphatic heterocycles. The Hall–Kier alpha value is -3.00. The maximum atomic E-state index is 6.18. The number of rotatable bonds is 0. The minimum atomic E-state index is 0.871. The van der Waals surface area contributed by atoms with Crippen molar-refractivity contribution < 1.29 is 4.74 Å². The Morgan fingerprint density at radius 1 is 0.591 bits per heavy atom. The zero-order valence-electron chi connectivity index (χ0n) is 11.8. The lowest BCUT2D eigenvalue weighted by molar-refractivity contribution is 0.487. The summed E-state index contributed by atoms with van der Waals surface area (Å²) in [7, 11) is 0. The lowest BCUT2D eigenvalue weighted by atomic mass is 10.00. The number of hydrogen-bond donors (Lipinski definition) is 1. The molecule has 0 saturated heterocycles. The topological polar surface area (TPSA) is 21.3 Å². The van der Waals surface area contributed by atoms with Crippen LogP contribution in [0.2, 0.25) is 0 Å². The van der Waals surface area contributed by atoms with Gasteiger partial charge in [-0.15, -0.1) is 0 Å². The van der Waals surface area contributed by atoms with Crippen molar-refractivity contribution in [2.75, 3.05) is 5.32 Å². The summed E-state index contributed by atoms with van der Waals surface area (Å²) in [6.45, 7) is 0. The van der Waals surface area contributed by atoms with Crippen LogP contribution in [0.3, 0.4) is 0 Å². The largest absolute Gasteiger partial charge is 0.452 e. The molecule has 2 nitrogen and oxygen atoms in total. The molecule has 4 aromatic carbocycles. The normalized spacial score (nSPS) is 12.4. The summed E-state index contributed by atoms with van der Waals surface area (Å²) < 4.78 is 6.18. The number of nitrogens with one attached hydrogen (secondary N) is 1. The summed E-state index contributed by atoms with van der Waals surface area (Å²) in [5, 5.41) is 8.32. The SMILES string of the molecule is c1ccc2c(c1)Nc1ccc3c(ccc4ccccc43)c1O2. The standard InChI is InChI=1S/C20H13NO/c1-2-6-14-13(5-1)9-10-16-15(14)11-12-18-20(16)22-19-8-4-3-7-17(19)21-18/h1-12,21H. The van der Waals surface area contributed by atoms with E-state index in [0.717, 1.165) is 28.3 Å². The van der Waals surface area contributed by atoms with Crippen LogP contribution in [-0.4, -0.2) is 0 Å². The predicted octanol–water partition coefficient (Wildman–Crippen LogP) is 5.84. The molecular weight excluding hydrogens is 270 g/mol. The summed E-state index contributed by atoms with van der Waals surface area (Å²) in [6.07, 6.45) is 0. The molecule has 2 heteroatoms. The lowest BCUT2D eigenvalue weighted by Crippen LogP contribution is -2.02. The Bertz CT molecular complexity index is 1040. The first-order chi connectivity index (χ1) is 10.9. The molecule has 0 bridgehead atoms. The molecule has 4 aromatic rings. The monoisotopic (exact) mass is 283 g/mol. The van der Waals surface area contributed by atoms with Gasteiger partial charge in [-0.3, -0.25) is 0 Å². The van der Waals surface area contributed by atoms with E-state index >= 15 is 0 Å². The molecule has 0 fully saturated rings. The molecule has 5 rings (SSSR count). The van der Waals surface area contributed by atoms with Gasteiger partial charge in [0, 0.05) is 5.39 Å². The van der Waals surface area contributed by atoms with Gasteiger partial charge in [-0.2, -0.15) is 0 Å². The molecule has 0 saturated carbocycles. The van der Waals surface area contributed by atoms with Crippen molar-refractivity contribution in [2.45, 2.75) is 0 Å². The van der Waals surface area contributed by atoms with Gasteiger partial charge in [0.1, 0.15) is 0 Å². The van der Waals surface area contributed by atoms with Crippen molar-refractivity contribution in [1.82, 2.24) is 0 Å². The molecule has 22 heavy (non-hydrogen) atoms. The van der Waals surface area contributed by atoms with Crippen LogP contribution in [0.15, 0.2) is 72.8 Å². The first-order valence-electron chi connectivity index (χ1n) is 7.38. The summed E-state index contributed by atoms with van der Waals surface area (Å²) in [5.41, 5.74) is 2.02. The van der Waals surface area contributed by atoms with Gasteiger partial charge >= 0.3 is 0 Å². The van der Waals surface area contributed by atoms with Crippen molar-refractivity contribution in [1.29, 1.82) is 0 Å². The van der Waals surface area contributed by atoms with Crippen LogP contribution in [0.5, 0.6) is 11.5 Å². The second kappa shape index (κ2) is 4.25. The molecule has 0 unspecified atom stereocenters. The van der Waals surface area contributed by atoms with E-state index in [1.54, 1.807) is 0 Å².